The summed E-state index contributed by atoms with van der Waals surface area (Å²) in [7, 11) is 3.64. The van der Waals surface area contributed by atoms with Gasteiger partial charge in [0.15, 0.2) is 6.29 Å². The number of rotatable bonds is 6. The highest BCUT2D eigenvalue weighted by atomic mass is 16.7. The molecular formula is C22H36N4O7. The Kier molecular flexibility index (Phi) is 8.25. The molecule has 0 aliphatic carbocycles. The number of likely N-dealkylation sites (N-methyl/N-ethyl adjacent to an activating group) is 1. The standard InChI is InChI=1S/C22H36N4O7/c1-11(2)20(29)23-15-9-10-26(22(30)24-15)16-8-7-14(12(3)31-16)33-21-19(28)18(27)17(25(5)6)13(4)32-21/h9-14,16-19,21,27-28H,7-8H2,1-6H3,(H,23,24,29,30). The smallest absolute Gasteiger partial charge is 0.351 e. The first-order valence-electron chi connectivity index (χ1n) is 11.4. The van der Waals surface area contributed by atoms with E-state index in [4.69, 9.17) is 14.2 Å². The van der Waals surface area contributed by atoms with Gasteiger partial charge in [0.25, 0.3) is 0 Å². The van der Waals surface area contributed by atoms with Crippen LogP contribution in [0.5, 0.6) is 0 Å². The van der Waals surface area contributed by atoms with Crippen LogP contribution in [0.2, 0.25) is 0 Å². The lowest BCUT2D eigenvalue weighted by atomic mass is 9.96. The molecule has 3 heterocycles. The molecule has 2 fully saturated rings. The second-order valence-corrected chi connectivity index (χ2v) is 9.34. The number of ether oxygens (including phenoxy) is 3. The number of carbonyl (C=O) groups is 1. The van der Waals surface area contributed by atoms with Crippen molar-refractivity contribution in [1.82, 2.24) is 14.5 Å². The molecule has 2 aliphatic heterocycles. The Morgan fingerprint density at radius 3 is 2.48 bits per heavy atom. The van der Waals surface area contributed by atoms with Gasteiger partial charge in [-0.25, -0.2) is 4.79 Å². The van der Waals surface area contributed by atoms with Gasteiger partial charge in [-0.05, 0) is 46.9 Å². The zero-order valence-corrected chi connectivity index (χ0v) is 20.0. The molecule has 1 amide bonds. The van der Waals surface area contributed by atoms with E-state index < -0.39 is 36.5 Å². The number of hydrogen-bond donors (Lipinski definition) is 3. The Morgan fingerprint density at radius 2 is 1.91 bits per heavy atom. The molecule has 1 aromatic heterocycles. The number of amides is 1. The molecule has 0 saturated carbocycles. The zero-order valence-electron chi connectivity index (χ0n) is 20.0. The molecule has 3 rings (SSSR count). The number of aliphatic hydroxyl groups is 2. The van der Waals surface area contributed by atoms with Gasteiger partial charge in [-0.1, -0.05) is 13.8 Å². The van der Waals surface area contributed by atoms with Crippen LogP contribution in [0.15, 0.2) is 17.1 Å². The lowest BCUT2D eigenvalue weighted by Crippen LogP contribution is -2.62. The summed E-state index contributed by atoms with van der Waals surface area (Å²) in [5, 5.41) is 23.7. The minimum atomic E-state index is -1.20. The van der Waals surface area contributed by atoms with E-state index in [1.165, 1.54) is 4.57 Å². The average molecular weight is 469 g/mol. The largest absolute Gasteiger partial charge is 0.388 e. The van der Waals surface area contributed by atoms with E-state index in [0.717, 1.165) is 0 Å². The topological polar surface area (TPSA) is 135 Å². The Balaban J connectivity index is 1.61. The predicted octanol–water partition coefficient (Wildman–Crippen LogP) is 0.317. The second-order valence-electron chi connectivity index (χ2n) is 9.34. The molecule has 11 nitrogen and oxygen atoms in total. The maximum Gasteiger partial charge on any atom is 0.351 e. The summed E-state index contributed by atoms with van der Waals surface area (Å²) in [6.07, 6.45) is -2.25. The number of nitrogens with one attached hydrogen (secondary N) is 1. The van der Waals surface area contributed by atoms with Crippen molar-refractivity contribution in [3.63, 3.8) is 0 Å². The van der Waals surface area contributed by atoms with Gasteiger partial charge in [-0.3, -0.25) is 9.36 Å². The fourth-order valence-electron chi connectivity index (χ4n) is 4.32. The quantitative estimate of drug-likeness (QED) is 0.539. The van der Waals surface area contributed by atoms with Crippen molar-refractivity contribution in [1.29, 1.82) is 0 Å². The van der Waals surface area contributed by atoms with Gasteiger partial charge < -0.3 is 34.6 Å². The highest BCUT2D eigenvalue weighted by Gasteiger charge is 2.46. The molecule has 186 valence electrons. The Labute approximate surface area is 193 Å². The molecule has 1 aromatic rings. The number of anilines is 1. The van der Waals surface area contributed by atoms with Gasteiger partial charge in [0, 0.05) is 12.1 Å². The molecule has 0 bridgehead atoms. The van der Waals surface area contributed by atoms with Crippen molar-refractivity contribution in [2.45, 2.75) is 89.6 Å². The van der Waals surface area contributed by atoms with E-state index in [2.05, 4.69) is 10.3 Å². The van der Waals surface area contributed by atoms with E-state index >= 15 is 0 Å². The van der Waals surface area contributed by atoms with Crippen LogP contribution in [0.4, 0.5) is 5.82 Å². The minimum absolute atomic E-state index is 0.201. The average Bonchev–Trinajstić information content (AvgIpc) is 2.73. The van der Waals surface area contributed by atoms with Crippen LogP contribution >= 0.6 is 0 Å². The molecule has 2 aliphatic rings. The maximum atomic E-state index is 12.5. The van der Waals surface area contributed by atoms with E-state index in [0.29, 0.717) is 12.8 Å². The molecule has 0 radical (unpaired) electrons. The number of carbonyl (C=O) groups excluding carboxylic acids is 1. The van der Waals surface area contributed by atoms with Crippen molar-refractivity contribution in [2.24, 2.45) is 5.92 Å². The van der Waals surface area contributed by atoms with E-state index in [-0.39, 0.29) is 35.9 Å². The van der Waals surface area contributed by atoms with Crippen molar-refractivity contribution in [2.75, 3.05) is 19.4 Å². The van der Waals surface area contributed by atoms with Gasteiger partial charge in [0.2, 0.25) is 5.91 Å². The fraction of sp³-hybridized carbons (Fsp3) is 0.773. The van der Waals surface area contributed by atoms with E-state index in [9.17, 15) is 19.8 Å². The van der Waals surface area contributed by atoms with Gasteiger partial charge >= 0.3 is 5.69 Å². The summed E-state index contributed by atoms with van der Waals surface area (Å²) in [6.45, 7) is 7.17. The van der Waals surface area contributed by atoms with Crippen molar-refractivity contribution >= 4 is 11.7 Å². The Hall–Kier alpha value is -1.89. The molecular weight excluding hydrogens is 432 g/mol. The highest BCUT2D eigenvalue weighted by molar-refractivity contribution is 5.91. The lowest BCUT2D eigenvalue weighted by Gasteiger charge is -2.46. The fourth-order valence-corrected chi connectivity index (χ4v) is 4.32. The van der Waals surface area contributed by atoms with Crippen molar-refractivity contribution in [3.05, 3.63) is 22.7 Å². The number of hydrogen-bond acceptors (Lipinski definition) is 9. The van der Waals surface area contributed by atoms with Crippen molar-refractivity contribution < 1.29 is 29.2 Å². The van der Waals surface area contributed by atoms with Crippen LogP contribution in [0, 0.1) is 5.92 Å². The van der Waals surface area contributed by atoms with E-state index in [1.54, 1.807) is 26.1 Å². The first-order valence-corrected chi connectivity index (χ1v) is 11.4. The summed E-state index contributed by atoms with van der Waals surface area (Å²) < 4.78 is 19.3. The van der Waals surface area contributed by atoms with Crippen LogP contribution in [-0.4, -0.2) is 87.5 Å². The highest BCUT2D eigenvalue weighted by Crippen LogP contribution is 2.32. The van der Waals surface area contributed by atoms with Crippen LogP contribution in [0.3, 0.4) is 0 Å². The monoisotopic (exact) mass is 468 g/mol. The molecule has 0 spiro atoms. The number of aromatic nitrogens is 2. The molecule has 11 heteroatoms. The van der Waals surface area contributed by atoms with E-state index in [1.807, 2.05) is 32.8 Å². The van der Waals surface area contributed by atoms with Gasteiger partial charge in [0.1, 0.15) is 24.3 Å². The lowest BCUT2D eigenvalue weighted by molar-refractivity contribution is -0.310. The Morgan fingerprint density at radius 1 is 1.21 bits per heavy atom. The van der Waals surface area contributed by atoms with Gasteiger partial charge in [0.05, 0.1) is 24.4 Å². The third kappa shape index (κ3) is 5.79. The van der Waals surface area contributed by atoms with Crippen LogP contribution in [-0.2, 0) is 19.0 Å². The molecule has 2 saturated heterocycles. The number of aliphatic hydroxyl groups excluding tert-OH is 2. The van der Waals surface area contributed by atoms with Gasteiger partial charge in [-0.2, -0.15) is 4.98 Å². The first kappa shape index (κ1) is 25.7. The van der Waals surface area contributed by atoms with Crippen LogP contribution in [0.25, 0.3) is 0 Å². The van der Waals surface area contributed by atoms with Crippen LogP contribution in [0.1, 0.15) is 46.8 Å². The third-order valence-corrected chi connectivity index (χ3v) is 6.22. The van der Waals surface area contributed by atoms with Crippen molar-refractivity contribution in [3.8, 4) is 0 Å². The molecule has 8 atom stereocenters. The molecule has 8 unspecified atom stereocenters. The predicted molar refractivity (Wildman–Crippen MR) is 119 cm³/mol. The van der Waals surface area contributed by atoms with Gasteiger partial charge in [-0.15, -0.1) is 0 Å². The third-order valence-electron chi connectivity index (χ3n) is 6.22. The normalized spacial score (nSPS) is 35.1. The summed E-state index contributed by atoms with van der Waals surface area (Å²) in [5.41, 5.74) is -0.522. The number of nitrogens with zero attached hydrogens (tertiary/aromatic N) is 3. The Bertz CT molecular complexity index is 877. The molecule has 3 N–H and O–H groups in total. The summed E-state index contributed by atoms with van der Waals surface area (Å²) >= 11 is 0. The zero-order chi connectivity index (χ0) is 24.4. The second kappa shape index (κ2) is 10.6. The minimum Gasteiger partial charge on any atom is -0.388 e. The summed E-state index contributed by atoms with van der Waals surface area (Å²) in [4.78, 5) is 30.1. The molecule has 0 aromatic carbocycles. The SMILES string of the molecule is CC(C)C(=O)Nc1ccn(C2CCC(OC3OC(C)C(N(C)C)C(O)C3O)C(C)O2)c(=O)n1. The summed E-state index contributed by atoms with van der Waals surface area (Å²) in [6, 6.07) is 1.21. The maximum absolute atomic E-state index is 12.5. The first-order chi connectivity index (χ1) is 15.5. The molecule has 33 heavy (non-hydrogen) atoms. The van der Waals surface area contributed by atoms with Crippen LogP contribution < -0.4 is 11.0 Å². The summed E-state index contributed by atoms with van der Waals surface area (Å²) in [5.74, 6) is -0.240.